The Hall–Kier alpha value is 0.470. The van der Waals surface area contributed by atoms with Crippen LogP contribution in [0.5, 0.6) is 0 Å². The molecule has 3 unspecified atom stereocenters. The van der Waals surface area contributed by atoms with Gasteiger partial charge >= 0.3 is 0 Å². The summed E-state index contributed by atoms with van der Waals surface area (Å²) in [5, 5.41) is 3.05. The molecule has 0 saturated heterocycles. The highest BCUT2D eigenvalue weighted by Gasteiger charge is 2.33. The average molecular weight is 280 g/mol. The van der Waals surface area contributed by atoms with Gasteiger partial charge in [-0.1, -0.05) is 34.5 Å². The smallest absolute Gasteiger partial charge is 0.0547 e. The molecule has 3 atom stereocenters. The highest BCUT2D eigenvalue weighted by atomic mass is 79.9. The Labute approximate surface area is 96.4 Å². The average Bonchev–Trinajstić information content (AvgIpc) is 2.62. The fourth-order valence-electron chi connectivity index (χ4n) is 2.06. The molecule has 3 heteroatoms. The van der Waals surface area contributed by atoms with Crippen molar-refractivity contribution in [3.63, 3.8) is 0 Å². The molecule has 1 saturated carbocycles. The molecule has 13 heavy (non-hydrogen) atoms. The van der Waals surface area contributed by atoms with Crippen molar-refractivity contribution < 1.29 is 0 Å². The molecule has 72 valence electrons. The Morgan fingerprint density at radius 2 is 2.31 bits per heavy atom. The van der Waals surface area contributed by atoms with Crippen molar-refractivity contribution in [2.75, 3.05) is 0 Å². The zero-order chi connectivity index (χ0) is 9.42. The van der Waals surface area contributed by atoms with Crippen LogP contribution in [0.25, 0.3) is 0 Å². The lowest BCUT2D eigenvalue weighted by molar-refractivity contribution is 0.552. The van der Waals surface area contributed by atoms with Crippen LogP contribution in [0, 0.1) is 5.92 Å². The quantitative estimate of drug-likeness (QED) is 0.655. The monoisotopic (exact) mass is 278 g/mol. The molecular weight excluding hydrogens is 268 g/mol. The number of alkyl halides is 1. The lowest BCUT2D eigenvalue weighted by Crippen LogP contribution is -2.07. The second-order valence-corrected chi connectivity index (χ2v) is 6.22. The minimum Gasteiger partial charge on any atom is -0.147 e. The second kappa shape index (κ2) is 3.92. The van der Waals surface area contributed by atoms with Crippen molar-refractivity contribution in [3.05, 3.63) is 21.3 Å². The Morgan fingerprint density at radius 1 is 1.54 bits per heavy atom. The van der Waals surface area contributed by atoms with Crippen LogP contribution in [-0.2, 0) is 0 Å². The zero-order valence-corrected chi connectivity index (χ0v) is 10.6. The number of hydrogen-bond acceptors (Lipinski definition) is 1. The van der Waals surface area contributed by atoms with Gasteiger partial charge in [0.1, 0.15) is 0 Å². The minimum absolute atomic E-state index is 0.677. The molecule has 1 aliphatic carbocycles. The van der Waals surface area contributed by atoms with Crippen molar-refractivity contribution >= 4 is 38.9 Å². The summed E-state index contributed by atoms with van der Waals surface area (Å²) in [5.41, 5.74) is 0. The van der Waals surface area contributed by atoms with Gasteiger partial charge in [-0.2, -0.15) is 0 Å². The Balaban J connectivity index is 2.23. The van der Waals surface area contributed by atoms with Gasteiger partial charge in [0.15, 0.2) is 0 Å². The van der Waals surface area contributed by atoms with Gasteiger partial charge in [-0.25, -0.2) is 0 Å². The third-order valence-corrected chi connectivity index (χ3v) is 5.72. The van der Waals surface area contributed by atoms with E-state index in [0.29, 0.717) is 10.7 Å². The van der Waals surface area contributed by atoms with Crippen LogP contribution in [0.2, 0.25) is 5.02 Å². The molecule has 0 spiro atoms. The molecule has 0 aromatic carbocycles. The van der Waals surface area contributed by atoms with Gasteiger partial charge in [-0.05, 0) is 36.1 Å². The summed E-state index contributed by atoms with van der Waals surface area (Å²) in [6.45, 7) is 2.31. The van der Waals surface area contributed by atoms with Gasteiger partial charge < -0.3 is 0 Å². The molecule has 0 bridgehead atoms. The van der Waals surface area contributed by atoms with Crippen molar-refractivity contribution in [2.24, 2.45) is 5.92 Å². The molecule has 0 amide bonds. The van der Waals surface area contributed by atoms with E-state index in [1.807, 2.05) is 6.07 Å². The molecule has 1 fully saturated rings. The van der Waals surface area contributed by atoms with E-state index in [4.69, 9.17) is 11.6 Å². The molecule has 0 aliphatic heterocycles. The summed E-state index contributed by atoms with van der Waals surface area (Å²) >= 11 is 11.6. The fraction of sp³-hybridized carbons (Fsp3) is 0.600. The lowest BCUT2D eigenvalue weighted by Gasteiger charge is -2.16. The molecule has 0 N–H and O–H groups in total. The maximum Gasteiger partial charge on any atom is 0.0547 e. The summed E-state index contributed by atoms with van der Waals surface area (Å²) in [6.07, 6.45) is 2.55. The summed E-state index contributed by atoms with van der Waals surface area (Å²) in [7, 11) is 0. The molecule has 0 nitrogen and oxygen atoms in total. The van der Waals surface area contributed by atoms with E-state index in [-0.39, 0.29) is 0 Å². The van der Waals surface area contributed by atoms with Crippen molar-refractivity contribution in [1.82, 2.24) is 0 Å². The molecular formula is C10H12BrClS. The largest absolute Gasteiger partial charge is 0.147 e. The molecule has 2 rings (SSSR count). The molecule has 1 aromatic rings. The van der Waals surface area contributed by atoms with Crippen LogP contribution >= 0.6 is 38.9 Å². The fourth-order valence-corrected chi connectivity index (χ4v) is 4.14. The van der Waals surface area contributed by atoms with Crippen molar-refractivity contribution in [1.29, 1.82) is 0 Å². The maximum absolute atomic E-state index is 6.13. The van der Waals surface area contributed by atoms with Crippen LogP contribution in [0.1, 0.15) is 30.6 Å². The molecule has 0 radical (unpaired) electrons. The summed E-state index contributed by atoms with van der Waals surface area (Å²) in [4.78, 5) is 2.06. The Kier molecular flexibility index (Phi) is 3.01. The van der Waals surface area contributed by atoms with Gasteiger partial charge in [0.05, 0.1) is 5.02 Å². The predicted molar refractivity (Wildman–Crippen MR) is 63.2 cm³/mol. The topological polar surface area (TPSA) is 0 Å². The van der Waals surface area contributed by atoms with Crippen molar-refractivity contribution in [3.8, 4) is 0 Å². The summed E-state index contributed by atoms with van der Waals surface area (Å²) in [5.74, 6) is 1.40. The molecule has 1 aliphatic rings. The summed E-state index contributed by atoms with van der Waals surface area (Å²) in [6, 6.07) is 2.01. The molecule has 1 heterocycles. The normalized spacial score (nSPS) is 33.9. The second-order valence-electron chi connectivity index (χ2n) is 3.69. The van der Waals surface area contributed by atoms with E-state index in [1.165, 1.54) is 17.7 Å². The number of rotatable bonds is 1. The zero-order valence-electron chi connectivity index (χ0n) is 7.47. The first-order valence-electron chi connectivity index (χ1n) is 4.57. The maximum atomic E-state index is 6.13. The predicted octanol–water partition coefficient (Wildman–Crippen LogP) is 4.68. The van der Waals surface area contributed by atoms with Crippen molar-refractivity contribution in [2.45, 2.75) is 30.5 Å². The van der Waals surface area contributed by atoms with Gasteiger partial charge in [0.2, 0.25) is 0 Å². The van der Waals surface area contributed by atoms with Gasteiger partial charge in [-0.15, -0.1) is 11.3 Å². The van der Waals surface area contributed by atoms with Crippen LogP contribution in [-0.4, -0.2) is 4.83 Å². The van der Waals surface area contributed by atoms with E-state index in [0.717, 1.165) is 10.9 Å². The van der Waals surface area contributed by atoms with E-state index >= 15 is 0 Å². The number of thiophene rings is 1. The third kappa shape index (κ3) is 1.81. The highest BCUT2D eigenvalue weighted by molar-refractivity contribution is 9.09. The van der Waals surface area contributed by atoms with Gasteiger partial charge in [0, 0.05) is 9.70 Å². The third-order valence-electron chi connectivity index (χ3n) is 2.94. The van der Waals surface area contributed by atoms with Crippen LogP contribution in [0.4, 0.5) is 0 Å². The van der Waals surface area contributed by atoms with E-state index in [1.54, 1.807) is 11.3 Å². The Morgan fingerprint density at radius 3 is 2.77 bits per heavy atom. The van der Waals surface area contributed by atoms with Gasteiger partial charge in [-0.3, -0.25) is 0 Å². The highest BCUT2D eigenvalue weighted by Crippen LogP contribution is 2.46. The van der Waals surface area contributed by atoms with Crippen LogP contribution in [0.15, 0.2) is 11.4 Å². The van der Waals surface area contributed by atoms with E-state index in [9.17, 15) is 0 Å². The Bertz CT molecular complexity index is 297. The number of halogens is 2. The first-order chi connectivity index (χ1) is 6.20. The molecule has 1 aromatic heterocycles. The number of hydrogen-bond donors (Lipinski definition) is 0. The SMILES string of the molecule is CC1C(Br)CCC1c1sccc1Cl. The van der Waals surface area contributed by atoms with Crippen LogP contribution in [0.3, 0.4) is 0 Å². The van der Waals surface area contributed by atoms with E-state index in [2.05, 4.69) is 28.2 Å². The van der Waals surface area contributed by atoms with Gasteiger partial charge in [0.25, 0.3) is 0 Å². The lowest BCUT2D eigenvalue weighted by atomic mass is 9.96. The van der Waals surface area contributed by atoms with E-state index < -0.39 is 0 Å². The first-order valence-corrected chi connectivity index (χ1v) is 6.74. The summed E-state index contributed by atoms with van der Waals surface area (Å²) < 4.78 is 0. The standard InChI is InChI=1S/C10H12BrClS/c1-6-7(2-3-8(6)11)10-9(12)4-5-13-10/h4-8H,2-3H2,1H3. The van der Waals surface area contributed by atoms with Crippen LogP contribution < -0.4 is 0 Å². The minimum atomic E-state index is 0.677. The first kappa shape index (κ1) is 10.0.